The SMILES string of the molecule is CCNC(=NCC(=O)N1CCCC1)NCCCCCCC(=O)OC. The molecule has 0 bridgehead atoms. The number of carbonyl (C=O) groups excluding carboxylic acids is 2. The topological polar surface area (TPSA) is 83.0 Å². The lowest BCUT2D eigenvalue weighted by Crippen LogP contribution is -2.39. The molecule has 24 heavy (non-hydrogen) atoms. The van der Waals surface area contributed by atoms with Crippen LogP contribution in [0.3, 0.4) is 0 Å². The van der Waals surface area contributed by atoms with Gasteiger partial charge in [-0.25, -0.2) is 4.99 Å². The van der Waals surface area contributed by atoms with Crippen molar-refractivity contribution in [1.29, 1.82) is 0 Å². The van der Waals surface area contributed by atoms with E-state index < -0.39 is 0 Å². The number of amides is 1. The highest BCUT2D eigenvalue weighted by atomic mass is 16.5. The van der Waals surface area contributed by atoms with E-state index in [4.69, 9.17) is 0 Å². The lowest BCUT2D eigenvalue weighted by molar-refractivity contribution is -0.140. The van der Waals surface area contributed by atoms with Gasteiger partial charge in [-0.3, -0.25) is 9.59 Å². The Labute approximate surface area is 145 Å². The lowest BCUT2D eigenvalue weighted by Gasteiger charge is -2.15. The molecule has 1 fully saturated rings. The number of aliphatic imine (C=N–C) groups is 1. The average molecular weight is 340 g/mol. The number of methoxy groups -OCH3 is 1. The van der Waals surface area contributed by atoms with Crippen LogP contribution in [0.4, 0.5) is 0 Å². The fourth-order valence-corrected chi connectivity index (χ4v) is 2.61. The van der Waals surface area contributed by atoms with Crippen molar-refractivity contribution in [3.05, 3.63) is 0 Å². The van der Waals surface area contributed by atoms with E-state index in [2.05, 4.69) is 20.4 Å². The van der Waals surface area contributed by atoms with Crippen LogP contribution >= 0.6 is 0 Å². The Bertz CT molecular complexity index is 407. The highest BCUT2D eigenvalue weighted by Gasteiger charge is 2.17. The molecule has 0 radical (unpaired) electrons. The molecule has 138 valence electrons. The molecule has 0 spiro atoms. The standard InChI is InChI=1S/C17H32N4O3/c1-3-18-17(20-14-15(22)21-12-8-9-13-21)19-11-7-5-4-6-10-16(23)24-2/h3-14H2,1-2H3,(H2,18,19,20). The largest absolute Gasteiger partial charge is 0.469 e. The Balaban J connectivity index is 2.16. The number of hydrogen-bond acceptors (Lipinski definition) is 4. The van der Waals surface area contributed by atoms with E-state index in [1.807, 2.05) is 11.8 Å². The number of guanidine groups is 1. The third-order valence-corrected chi connectivity index (χ3v) is 4.00. The second-order valence-electron chi connectivity index (χ2n) is 5.95. The van der Waals surface area contributed by atoms with Gasteiger partial charge in [0.05, 0.1) is 7.11 Å². The van der Waals surface area contributed by atoms with Crippen molar-refractivity contribution in [2.45, 2.75) is 51.9 Å². The van der Waals surface area contributed by atoms with Gasteiger partial charge in [-0.05, 0) is 32.6 Å². The number of hydrogen-bond donors (Lipinski definition) is 2. The predicted molar refractivity (Wildman–Crippen MR) is 94.9 cm³/mol. The summed E-state index contributed by atoms with van der Waals surface area (Å²) in [6.45, 7) is 5.51. The Morgan fingerprint density at radius 1 is 1.08 bits per heavy atom. The smallest absolute Gasteiger partial charge is 0.305 e. The maximum atomic E-state index is 12.0. The van der Waals surface area contributed by atoms with Gasteiger partial charge < -0.3 is 20.3 Å². The van der Waals surface area contributed by atoms with E-state index in [1.54, 1.807) is 0 Å². The van der Waals surface area contributed by atoms with Crippen molar-refractivity contribution in [2.24, 2.45) is 4.99 Å². The van der Waals surface area contributed by atoms with Crippen LogP contribution in [-0.4, -0.2) is 62.6 Å². The molecule has 1 aliphatic heterocycles. The minimum Gasteiger partial charge on any atom is -0.469 e. The molecule has 0 aromatic heterocycles. The molecule has 0 unspecified atom stereocenters. The molecule has 1 rings (SSSR count). The summed E-state index contributed by atoms with van der Waals surface area (Å²) in [5.41, 5.74) is 0. The number of unbranched alkanes of at least 4 members (excludes halogenated alkanes) is 3. The first-order valence-corrected chi connectivity index (χ1v) is 9.04. The first-order valence-electron chi connectivity index (χ1n) is 9.04. The molecule has 2 N–H and O–H groups in total. The quantitative estimate of drug-likeness (QED) is 0.271. The van der Waals surface area contributed by atoms with E-state index in [0.717, 1.165) is 64.7 Å². The average Bonchev–Trinajstić information content (AvgIpc) is 3.12. The van der Waals surface area contributed by atoms with Gasteiger partial charge in [0.1, 0.15) is 6.54 Å². The summed E-state index contributed by atoms with van der Waals surface area (Å²) in [5, 5.41) is 6.41. The van der Waals surface area contributed by atoms with Gasteiger partial charge in [0.15, 0.2) is 5.96 Å². The van der Waals surface area contributed by atoms with Gasteiger partial charge >= 0.3 is 5.97 Å². The van der Waals surface area contributed by atoms with Crippen LogP contribution in [0.25, 0.3) is 0 Å². The van der Waals surface area contributed by atoms with Gasteiger partial charge in [-0.15, -0.1) is 0 Å². The molecule has 0 saturated carbocycles. The molecule has 7 nitrogen and oxygen atoms in total. The monoisotopic (exact) mass is 340 g/mol. The molecule has 0 atom stereocenters. The van der Waals surface area contributed by atoms with Crippen LogP contribution in [0.15, 0.2) is 4.99 Å². The summed E-state index contributed by atoms with van der Waals surface area (Å²) < 4.78 is 4.61. The maximum absolute atomic E-state index is 12.0. The predicted octanol–water partition coefficient (Wildman–Crippen LogP) is 1.29. The molecule has 0 aromatic rings. The molecule has 0 aromatic carbocycles. The zero-order valence-electron chi connectivity index (χ0n) is 15.1. The fourth-order valence-electron chi connectivity index (χ4n) is 2.61. The van der Waals surface area contributed by atoms with Crippen LogP contribution in [0.1, 0.15) is 51.9 Å². The van der Waals surface area contributed by atoms with Gasteiger partial charge in [0, 0.05) is 32.6 Å². The molecule has 1 heterocycles. The Hall–Kier alpha value is -1.79. The second kappa shape index (κ2) is 12.6. The molecule has 1 amide bonds. The highest BCUT2D eigenvalue weighted by Crippen LogP contribution is 2.07. The van der Waals surface area contributed by atoms with Crippen LogP contribution in [0, 0.1) is 0 Å². The molecule has 7 heteroatoms. The van der Waals surface area contributed by atoms with Crippen molar-refractivity contribution in [3.63, 3.8) is 0 Å². The highest BCUT2D eigenvalue weighted by molar-refractivity contribution is 5.85. The number of ether oxygens (including phenoxy) is 1. The number of nitrogens with one attached hydrogen (secondary N) is 2. The number of nitrogens with zero attached hydrogens (tertiary/aromatic N) is 2. The summed E-state index contributed by atoms with van der Waals surface area (Å²) >= 11 is 0. The Morgan fingerprint density at radius 2 is 1.79 bits per heavy atom. The summed E-state index contributed by atoms with van der Waals surface area (Å²) in [6, 6.07) is 0. The normalized spacial score (nSPS) is 14.6. The third-order valence-electron chi connectivity index (χ3n) is 4.00. The molecular formula is C17H32N4O3. The van der Waals surface area contributed by atoms with E-state index >= 15 is 0 Å². The van der Waals surface area contributed by atoms with Gasteiger partial charge in [0.25, 0.3) is 0 Å². The zero-order valence-corrected chi connectivity index (χ0v) is 15.1. The van der Waals surface area contributed by atoms with E-state index in [0.29, 0.717) is 12.4 Å². The van der Waals surface area contributed by atoms with Crippen LogP contribution < -0.4 is 10.6 Å². The number of carbonyl (C=O) groups is 2. The first-order chi connectivity index (χ1) is 11.7. The number of likely N-dealkylation sites (tertiary alicyclic amines) is 1. The van der Waals surface area contributed by atoms with Crippen LogP contribution in [0.2, 0.25) is 0 Å². The summed E-state index contributed by atoms with van der Waals surface area (Å²) in [4.78, 5) is 29.3. The van der Waals surface area contributed by atoms with E-state index in [9.17, 15) is 9.59 Å². The molecule has 1 saturated heterocycles. The maximum Gasteiger partial charge on any atom is 0.305 e. The number of rotatable bonds is 10. The molecule has 1 aliphatic rings. The lowest BCUT2D eigenvalue weighted by atomic mass is 10.1. The second-order valence-corrected chi connectivity index (χ2v) is 5.95. The van der Waals surface area contributed by atoms with Crippen LogP contribution in [0.5, 0.6) is 0 Å². The van der Waals surface area contributed by atoms with Gasteiger partial charge in [-0.2, -0.15) is 0 Å². The van der Waals surface area contributed by atoms with Crippen molar-refractivity contribution in [3.8, 4) is 0 Å². The van der Waals surface area contributed by atoms with Gasteiger partial charge in [0.2, 0.25) is 5.91 Å². The molecular weight excluding hydrogens is 308 g/mol. The first kappa shape index (κ1) is 20.3. The van der Waals surface area contributed by atoms with E-state index in [1.165, 1.54) is 7.11 Å². The summed E-state index contributed by atoms with van der Waals surface area (Å²) in [6.07, 6.45) is 6.63. The van der Waals surface area contributed by atoms with Crippen molar-refractivity contribution in [2.75, 3.05) is 39.8 Å². The van der Waals surface area contributed by atoms with Crippen LogP contribution in [-0.2, 0) is 14.3 Å². The third kappa shape index (κ3) is 8.74. The van der Waals surface area contributed by atoms with E-state index in [-0.39, 0.29) is 18.4 Å². The Kier molecular flexibility index (Phi) is 10.6. The van der Waals surface area contributed by atoms with Crippen molar-refractivity contribution >= 4 is 17.8 Å². The zero-order chi connectivity index (χ0) is 17.6. The minimum absolute atomic E-state index is 0.104. The number of esters is 1. The fraction of sp³-hybridized carbons (Fsp3) is 0.824. The minimum atomic E-state index is -0.141. The van der Waals surface area contributed by atoms with Crippen molar-refractivity contribution in [1.82, 2.24) is 15.5 Å². The van der Waals surface area contributed by atoms with Gasteiger partial charge in [-0.1, -0.05) is 12.8 Å². The Morgan fingerprint density at radius 3 is 2.46 bits per heavy atom. The van der Waals surface area contributed by atoms with Crippen molar-refractivity contribution < 1.29 is 14.3 Å². The summed E-state index contributed by atoms with van der Waals surface area (Å²) in [7, 11) is 1.42. The summed E-state index contributed by atoms with van der Waals surface area (Å²) in [5.74, 6) is 0.657. The molecule has 0 aliphatic carbocycles.